The van der Waals surface area contributed by atoms with Crippen molar-refractivity contribution in [3.8, 4) is 22.5 Å². The minimum Gasteiger partial charge on any atom is -0.355 e. The lowest BCUT2D eigenvalue weighted by atomic mass is 10.0. The molecule has 7 heteroatoms. The summed E-state index contributed by atoms with van der Waals surface area (Å²) in [4.78, 5) is 0.0167. The molecule has 1 aromatic heterocycles. The van der Waals surface area contributed by atoms with Crippen LogP contribution in [0.25, 0.3) is 22.5 Å². The summed E-state index contributed by atoms with van der Waals surface area (Å²) in [7, 11) is -3.98. The first-order valence-electron chi connectivity index (χ1n) is 6.73. The summed E-state index contributed by atoms with van der Waals surface area (Å²) in [5.74, 6) is 0.337. The Kier molecular flexibility index (Phi) is 4.09. The quantitative estimate of drug-likeness (QED) is 0.735. The van der Waals surface area contributed by atoms with Crippen LogP contribution in [0.15, 0.2) is 62.4 Å². The van der Waals surface area contributed by atoms with Gasteiger partial charge in [0.05, 0.1) is 10.2 Å². The van der Waals surface area contributed by atoms with E-state index in [2.05, 4.69) is 21.1 Å². The predicted octanol–water partition coefficient (Wildman–Crippen LogP) is 3.73. The van der Waals surface area contributed by atoms with Crippen molar-refractivity contribution in [3.63, 3.8) is 0 Å². The number of sulfonamides is 1. The lowest BCUT2D eigenvalue weighted by molar-refractivity contribution is 0.426. The fraction of sp³-hybridized carbons (Fsp3) is 0.0625. The van der Waals surface area contributed by atoms with Gasteiger partial charge in [0.25, 0.3) is 0 Å². The normalized spacial score (nSPS) is 11.6. The smallest absolute Gasteiger partial charge is 0.239 e. The molecule has 2 N–H and O–H groups in total. The number of nitrogens with zero attached hydrogens (tertiary/aromatic N) is 1. The van der Waals surface area contributed by atoms with Crippen molar-refractivity contribution in [2.45, 2.75) is 11.8 Å². The molecule has 0 bridgehead atoms. The Hall–Kier alpha value is -1.96. The van der Waals surface area contributed by atoms with Gasteiger partial charge >= 0.3 is 0 Å². The third-order valence-corrected chi connectivity index (χ3v) is 5.36. The molecule has 0 aliphatic heterocycles. The molecule has 0 unspecified atom stereocenters. The highest BCUT2D eigenvalue weighted by molar-refractivity contribution is 9.10. The van der Waals surface area contributed by atoms with E-state index in [1.54, 1.807) is 25.1 Å². The monoisotopic (exact) mass is 392 g/mol. The zero-order valence-electron chi connectivity index (χ0n) is 12.2. The Morgan fingerprint density at radius 1 is 1.04 bits per heavy atom. The van der Waals surface area contributed by atoms with E-state index in [-0.39, 0.29) is 4.90 Å². The largest absolute Gasteiger partial charge is 0.355 e. The van der Waals surface area contributed by atoms with Crippen LogP contribution in [0.2, 0.25) is 0 Å². The second-order valence-corrected chi connectivity index (χ2v) is 7.30. The number of nitrogens with two attached hydrogens (primary N) is 1. The second-order valence-electron chi connectivity index (χ2n) is 5.00. The molecule has 3 aromatic rings. The summed E-state index contributed by atoms with van der Waals surface area (Å²) >= 11 is 3.38. The lowest BCUT2D eigenvalue weighted by Crippen LogP contribution is -2.15. The van der Waals surface area contributed by atoms with E-state index in [0.717, 1.165) is 5.56 Å². The standard InChI is InChI=1S/C16H13BrN2O3S/c1-10-14(17)15(22-19-10)13-9-5-8-12(16(13)23(18,20)21)11-6-3-2-4-7-11/h2-9H,1H3,(H2,18,20,21). The zero-order valence-corrected chi connectivity index (χ0v) is 14.6. The van der Waals surface area contributed by atoms with Crippen molar-refractivity contribution < 1.29 is 12.9 Å². The van der Waals surface area contributed by atoms with E-state index in [0.29, 0.717) is 27.1 Å². The maximum Gasteiger partial charge on any atom is 0.239 e. The number of aromatic nitrogens is 1. The van der Waals surface area contributed by atoms with E-state index in [1.165, 1.54) is 0 Å². The highest BCUT2D eigenvalue weighted by Crippen LogP contribution is 2.39. The molecule has 2 aromatic carbocycles. The van der Waals surface area contributed by atoms with Crippen LogP contribution in [0.5, 0.6) is 0 Å². The van der Waals surface area contributed by atoms with Crippen LogP contribution in [0.1, 0.15) is 5.69 Å². The Labute approximate surface area is 142 Å². The first-order valence-corrected chi connectivity index (χ1v) is 9.07. The minimum atomic E-state index is -3.98. The summed E-state index contributed by atoms with van der Waals surface area (Å²) in [6.45, 7) is 1.76. The Balaban J connectivity index is 2.37. The maximum atomic E-state index is 12.2. The van der Waals surface area contributed by atoms with Gasteiger partial charge in [-0.1, -0.05) is 47.6 Å². The van der Waals surface area contributed by atoms with E-state index < -0.39 is 10.0 Å². The van der Waals surface area contributed by atoms with Crippen LogP contribution < -0.4 is 5.14 Å². The van der Waals surface area contributed by atoms with Gasteiger partial charge in [-0.25, -0.2) is 13.6 Å². The molecule has 118 valence electrons. The van der Waals surface area contributed by atoms with Crippen molar-refractivity contribution in [1.82, 2.24) is 5.16 Å². The molecule has 0 saturated carbocycles. The average molecular weight is 393 g/mol. The van der Waals surface area contributed by atoms with Gasteiger partial charge in [-0.05, 0) is 34.5 Å². The van der Waals surface area contributed by atoms with Crippen LogP contribution in [0, 0.1) is 6.92 Å². The minimum absolute atomic E-state index is 0.0167. The van der Waals surface area contributed by atoms with Crippen LogP contribution >= 0.6 is 15.9 Å². The summed E-state index contributed by atoms with van der Waals surface area (Å²) in [6, 6.07) is 14.3. The molecule has 5 nitrogen and oxygen atoms in total. The predicted molar refractivity (Wildman–Crippen MR) is 91.2 cm³/mol. The van der Waals surface area contributed by atoms with Gasteiger partial charge in [-0.15, -0.1) is 0 Å². The topological polar surface area (TPSA) is 86.2 Å². The van der Waals surface area contributed by atoms with Crippen molar-refractivity contribution >= 4 is 26.0 Å². The molecule has 0 atom stereocenters. The van der Waals surface area contributed by atoms with Gasteiger partial charge in [0, 0.05) is 11.1 Å². The zero-order chi connectivity index (χ0) is 16.6. The number of hydrogen-bond donors (Lipinski definition) is 1. The molecule has 0 aliphatic rings. The first-order chi connectivity index (χ1) is 10.9. The molecule has 0 saturated heterocycles. The van der Waals surface area contributed by atoms with E-state index in [4.69, 9.17) is 9.66 Å². The molecule has 23 heavy (non-hydrogen) atoms. The SMILES string of the molecule is Cc1noc(-c2cccc(-c3ccccc3)c2S(N)(=O)=O)c1Br. The summed E-state index contributed by atoms with van der Waals surface area (Å²) < 4.78 is 30.4. The molecular weight excluding hydrogens is 380 g/mol. The molecule has 0 aliphatic carbocycles. The molecule has 0 spiro atoms. The molecule has 0 fully saturated rings. The van der Waals surface area contributed by atoms with Gasteiger partial charge in [0.2, 0.25) is 10.0 Å². The Morgan fingerprint density at radius 2 is 1.70 bits per heavy atom. The number of halogens is 1. The highest BCUT2D eigenvalue weighted by atomic mass is 79.9. The van der Waals surface area contributed by atoms with Gasteiger partial charge in [0.15, 0.2) is 5.76 Å². The molecule has 3 rings (SSSR count). The fourth-order valence-electron chi connectivity index (χ4n) is 2.39. The van der Waals surface area contributed by atoms with Gasteiger partial charge in [-0.2, -0.15) is 0 Å². The number of aryl methyl sites for hydroxylation is 1. The van der Waals surface area contributed by atoms with Crippen molar-refractivity contribution in [3.05, 3.63) is 58.7 Å². The Bertz CT molecular complexity index is 966. The lowest BCUT2D eigenvalue weighted by Gasteiger charge is -2.12. The van der Waals surface area contributed by atoms with Crippen LogP contribution in [-0.2, 0) is 10.0 Å². The highest BCUT2D eigenvalue weighted by Gasteiger charge is 2.25. The second kappa shape index (κ2) is 5.92. The molecule has 0 amide bonds. The third kappa shape index (κ3) is 2.95. The van der Waals surface area contributed by atoms with Crippen molar-refractivity contribution in [1.29, 1.82) is 0 Å². The number of primary sulfonamides is 1. The van der Waals surface area contributed by atoms with Crippen LogP contribution in [0.3, 0.4) is 0 Å². The van der Waals surface area contributed by atoms with Gasteiger partial charge in [0.1, 0.15) is 4.90 Å². The van der Waals surface area contributed by atoms with E-state index >= 15 is 0 Å². The first kappa shape index (κ1) is 15.9. The van der Waals surface area contributed by atoms with Crippen LogP contribution in [0.4, 0.5) is 0 Å². The summed E-state index contributed by atoms with van der Waals surface area (Å²) in [5.41, 5.74) is 2.28. The van der Waals surface area contributed by atoms with Gasteiger partial charge in [-0.3, -0.25) is 0 Å². The fourth-order valence-corrected chi connectivity index (χ4v) is 3.71. The van der Waals surface area contributed by atoms with Crippen LogP contribution in [-0.4, -0.2) is 13.6 Å². The molecular formula is C16H13BrN2O3S. The number of hydrogen-bond acceptors (Lipinski definition) is 4. The molecule has 1 heterocycles. The average Bonchev–Trinajstić information content (AvgIpc) is 2.86. The number of rotatable bonds is 3. The Morgan fingerprint density at radius 3 is 2.26 bits per heavy atom. The summed E-state index contributed by atoms with van der Waals surface area (Å²) in [6.07, 6.45) is 0. The third-order valence-electron chi connectivity index (χ3n) is 3.42. The molecule has 0 radical (unpaired) electrons. The summed E-state index contributed by atoms with van der Waals surface area (Å²) in [5, 5.41) is 9.35. The number of benzene rings is 2. The van der Waals surface area contributed by atoms with Crippen molar-refractivity contribution in [2.24, 2.45) is 5.14 Å². The van der Waals surface area contributed by atoms with E-state index in [9.17, 15) is 8.42 Å². The van der Waals surface area contributed by atoms with E-state index in [1.807, 2.05) is 30.3 Å². The van der Waals surface area contributed by atoms with Crippen molar-refractivity contribution in [2.75, 3.05) is 0 Å². The maximum absolute atomic E-state index is 12.2. The van der Waals surface area contributed by atoms with Gasteiger partial charge < -0.3 is 4.52 Å².